The van der Waals surface area contributed by atoms with Gasteiger partial charge in [0, 0.05) is 39.0 Å². The van der Waals surface area contributed by atoms with Crippen LogP contribution in [0.25, 0.3) is 0 Å². The van der Waals surface area contributed by atoms with Crippen molar-refractivity contribution >= 4 is 36.4 Å². The molecule has 1 aliphatic rings. The van der Waals surface area contributed by atoms with E-state index in [-0.39, 0.29) is 30.7 Å². The second-order valence-electron chi connectivity index (χ2n) is 5.30. The third-order valence-corrected chi connectivity index (χ3v) is 3.52. The number of nitrogens with one attached hydrogen (secondary N) is 2. The standard InChI is InChI=1S/C16H25N3O3.2ClH/c1-21-9-6-17-12-16(20)18-15-4-2-14(3-5-15)13-19-7-10-22-11-8-19;;/h2-5,17H,6-13H2,1H3,(H,18,20);2*1H. The number of rotatable bonds is 8. The van der Waals surface area contributed by atoms with Gasteiger partial charge in [0.05, 0.1) is 26.4 Å². The van der Waals surface area contributed by atoms with E-state index < -0.39 is 0 Å². The van der Waals surface area contributed by atoms with Crippen molar-refractivity contribution in [2.24, 2.45) is 0 Å². The summed E-state index contributed by atoms with van der Waals surface area (Å²) in [6, 6.07) is 8.01. The zero-order valence-electron chi connectivity index (χ0n) is 14.0. The number of hydrogen-bond acceptors (Lipinski definition) is 5. The van der Waals surface area contributed by atoms with E-state index in [1.165, 1.54) is 5.56 Å². The summed E-state index contributed by atoms with van der Waals surface area (Å²) in [6.45, 7) is 6.06. The molecule has 1 saturated heterocycles. The summed E-state index contributed by atoms with van der Waals surface area (Å²) in [5.74, 6) is -0.0444. The molecule has 6 nitrogen and oxygen atoms in total. The number of morpholine rings is 1. The van der Waals surface area contributed by atoms with Gasteiger partial charge in [0.15, 0.2) is 0 Å². The topological polar surface area (TPSA) is 62.8 Å². The predicted octanol–water partition coefficient (Wildman–Crippen LogP) is 1.54. The molecule has 2 N–H and O–H groups in total. The summed E-state index contributed by atoms with van der Waals surface area (Å²) >= 11 is 0. The van der Waals surface area contributed by atoms with Crippen molar-refractivity contribution in [1.29, 1.82) is 0 Å². The Morgan fingerprint density at radius 2 is 1.88 bits per heavy atom. The van der Waals surface area contributed by atoms with Gasteiger partial charge in [-0.25, -0.2) is 0 Å². The van der Waals surface area contributed by atoms with Crippen molar-refractivity contribution < 1.29 is 14.3 Å². The second-order valence-corrected chi connectivity index (χ2v) is 5.30. The van der Waals surface area contributed by atoms with E-state index in [0.717, 1.165) is 38.5 Å². The van der Waals surface area contributed by atoms with Crippen LogP contribution in [0.4, 0.5) is 5.69 Å². The van der Waals surface area contributed by atoms with E-state index >= 15 is 0 Å². The number of nitrogens with zero attached hydrogens (tertiary/aromatic N) is 1. The Labute approximate surface area is 156 Å². The van der Waals surface area contributed by atoms with Crippen LogP contribution in [0, 0.1) is 0 Å². The molecule has 24 heavy (non-hydrogen) atoms. The summed E-state index contributed by atoms with van der Waals surface area (Å²) in [6.07, 6.45) is 0. The normalized spacial score (nSPS) is 14.4. The lowest BCUT2D eigenvalue weighted by Crippen LogP contribution is -2.35. The Bertz CT molecular complexity index is 454. The molecule has 0 spiro atoms. The van der Waals surface area contributed by atoms with Crippen LogP contribution < -0.4 is 10.6 Å². The van der Waals surface area contributed by atoms with Crippen LogP contribution in [-0.4, -0.2) is 63.9 Å². The largest absolute Gasteiger partial charge is 0.383 e. The Balaban J connectivity index is 0.00000264. The van der Waals surface area contributed by atoms with Gasteiger partial charge in [-0.15, -0.1) is 24.8 Å². The minimum atomic E-state index is -0.0444. The first kappa shape index (κ1) is 23.1. The molecule has 1 aromatic rings. The van der Waals surface area contributed by atoms with Gasteiger partial charge in [-0.05, 0) is 17.7 Å². The predicted molar refractivity (Wildman–Crippen MR) is 100 cm³/mol. The molecule has 0 aliphatic carbocycles. The van der Waals surface area contributed by atoms with E-state index in [0.29, 0.717) is 19.7 Å². The third-order valence-electron chi connectivity index (χ3n) is 3.52. The van der Waals surface area contributed by atoms with Crippen LogP contribution in [0.1, 0.15) is 5.56 Å². The fourth-order valence-corrected chi connectivity index (χ4v) is 2.29. The fourth-order valence-electron chi connectivity index (χ4n) is 2.29. The zero-order valence-corrected chi connectivity index (χ0v) is 15.6. The first-order chi connectivity index (χ1) is 10.8. The van der Waals surface area contributed by atoms with Crippen LogP contribution >= 0.6 is 24.8 Å². The highest BCUT2D eigenvalue weighted by Crippen LogP contribution is 2.12. The van der Waals surface area contributed by atoms with Gasteiger partial charge in [0.25, 0.3) is 0 Å². The van der Waals surface area contributed by atoms with E-state index in [4.69, 9.17) is 9.47 Å². The fraction of sp³-hybridized carbons (Fsp3) is 0.562. The monoisotopic (exact) mass is 379 g/mol. The molecule has 138 valence electrons. The van der Waals surface area contributed by atoms with Crippen LogP contribution in [0.5, 0.6) is 0 Å². The number of amides is 1. The van der Waals surface area contributed by atoms with Crippen molar-refractivity contribution in [2.75, 3.05) is 58.4 Å². The Morgan fingerprint density at radius 1 is 1.21 bits per heavy atom. The van der Waals surface area contributed by atoms with Crippen molar-refractivity contribution in [3.05, 3.63) is 29.8 Å². The average molecular weight is 380 g/mol. The van der Waals surface area contributed by atoms with Gasteiger partial charge in [-0.2, -0.15) is 0 Å². The summed E-state index contributed by atoms with van der Waals surface area (Å²) in [7, 11) is 1.64. The van der Waals surface area contributed by atoms with Crippen LogP contribution in [0.15, 0.2) is 24.3 Å². The van der Waals surface area contributed by atoms with E-state index in [1.54, 1.807) is 7.11 Å². The van der Waals surface area contributed by atoms with E-state index in [2.05, 4.69) is 27.7 Å². The van der Waals surface area contributed by atoms with E-state index in [9.17, 15) is 4.79 Å². The summed E-state index contributed by atoms with van der Waals surface area (Å²) in [5.41, 5.74) is 2.07. The number of carbonyl (C=O) groups excluding carboxylic acids is 1. The first-order valence-corrected chi connectivity index (χ1v) is 7.66. The second kappa shape index (κ2) is 13.4. The lowest BCUT2D eigenvalue weighted by Gasteiger charge is -2.26. The van der Waals surface area contributed by atoms with Crippen LogP contribution in [-0.2, 0) is 20.8 Å². The van der Waals surface area contributed by atoms with Gasteiger partial charge in [0.1, 0.15) is 0 Å². The molecule has 1 aliphatic heterocycles. The van der Waals surface area contributed by atoms with Gasteiger partial charge < -0.3 is 20.1 Å². The van der Waals surface area contributed by atoms with Gasteiger partial charge in [0.2, 0.25) is 5.91 Å². The molecular weight excluding hydrogens is 353 g/mol. The maximum atomic E-state index is 11.7. The zero-order chi connectivity index (χ0) is 15.6. The van der Waals surface area contributed by atoms with Crippen molar-refractivity contribution in [1.82, 2.24) is 10.2 Å². The Morgan fingerprint density at radius 3 is 2.50 bits per heavy atom. The quantitative estimate of drug-likeness (QED) is 0.670. The summed E-state index contributed by atoms with van der Waals surface area (Å²) in [4.78, 5) is 14.1. The Hall–Kier alpha value is -0.890. The smallest absolute Gasteiger partial charge is 0.238 e. The maximum Gasteiger partial charge on any atom is 0.238 e. The minimum Gasteiger partial charge on any atom is -0.383 e. The molecule has 0 bridgehead atoms. The highest BCUT2D eigenvalue weighted by Gasteiger charge is 2.10. The number of halogens is 2. The highest BCUT2D eigenvalue weighted by molar-refractivity contribution is 5.92. The number of anilines is 1. The molecule has 8 heteroatoms. The molecule has 1 aromatic carbocycles. The molecule has 0 atom stereocenters. The maximum absolute atomic E-state index is 11.7. The highest BCUT2D eigenvalue weighted by atomic mass is 35.5. The molecule has 0 saturated carbocycles. The molecule has 2 rings (SSSR count). The van der Waals surface area contributed by atoms with E-state index in [1.807, 2.05) is 12.1 Å². The van der Waals surface area contributed by atoms with Crippen LogP contribution in [0.2, 0.25) is 0 Å². The van der Waals surface area contributed by atoms with Crippen LogP contribution in [0.3, 0.4) is 0 Å². The number of benzene rings is 1. The summed E-state index contributed by atoms with van der Waals surface area (Å²) in [5, 5.41) is 5.89. The minimum absolute atomic E-state index is 0. The Kier molecular flexibility index (Phi) is 12.9. The van der Waals surface area contributed by atoms with Gasteiger partial charge >= 0.3 is 0 Å². The molecular formula is C16H27Cl2N3O3. The third kappa shape index (κ3) is 8.82. The van der Waals surface area contributed by atoms with Gasteiger partial charge in [-0.3, -0.25) is 9.69 Å². The molecule has 0 unspecified atom stereocenters. The number of carbonyl (C=O) groups is 1. The average Bonchev–Trinajstić information content (AvgIpc) is 2.54. The van der Waals surface area contributed by atoms with Crippen molar-refractivity contribution in [3.63, 3.8) is 0 Å². The molecule has 1 fully saturated rings. The lowest BCUT2D eigenvalue weighted by atomic mass is 10.2. The number of hydrogen-bond donors (Lipinski definition) is 2. The molecule has 0 radical (unpaired) electrons. The number of ether oxygens (including phenoxy) is 2. The van der Waals surface area contributed by atoms with Gasteiger partial charge in [-0.1, -0.05) is 12.1 Å². The first-order valence-electron chi connectivity index (χ1n) is 7.66. The SMILES string of the molecule is COCCNCC(=O)Nc1ccc(CN2CCOCC2)cc1.Cl.Cl. The lowest BCUT2D eigenvalue weighted by molar-refractivity contribution is -0.115. The molecule has 0 aromatic heterocycles. The summed E-state index contributed by atoms with van der Waals surface area (Å²) < 4.78 is 10.3. The molecule has 1 heterocycles. The molecule has 1 amide bonds. The van der Waals surface area contributed by atoms with Crippen molar-refractivity contribution in [2.45, 2.75) is 6.54 Å². The number of methoxy groups -OCH3 is 1. The van der Waals surface area contributed by atoms with Crippen molar-refractivity contribution in [3.8, 4) is 0 Å².